The van der Waals surface area contributed by atoms with E-state index in [1.54, 1.807) is 19.5 Å². The maximum atomic E-state index is 13.2. The topological polar surface area (TPSA) is 77.0 Å². The van der Waals surface area contributed by atoms with Crippen LogP contribution in [0.1, 0.15) is 10.4 Å². The lowest BCUT2D eigenvalue weighted by Crippen LogP contribution is -2.13. The quantitative estimate of drug-likeness (QED) is 0.441. The molecule has 0 spiro atoms. The highest BCUT2D eigenvalue weighted by molar-refractivity contribution is 7.22. The van der Waals surface area contributed by atoms with Gasteiger partial charge >= 0.3 is 0 Å². The zero-order chi connectivity index (χ0) is 20.5. The Kier molecular flexibility index (Phi) is 4.57. The molecule has 30 heavy (non-hydrogen) atoms. The Labute approximate surface area is 176 Å². The number of methoxy groups -OCH3 is 1. The Hall–Kier alpha value is -3.84. The van der Waals surface area contributed by atoms with Gasteiger partial charge in [0, 0.05) is 23.3 Å². The van der Waals surface area contributed by atoms with Gasteiger partial charge in [-0.1, -0.05) is 29.5 Å². The number of amides is 1. The molecule has 0 aliphatic rings. The summed E-state index contributed by atoms with van der Waals surface area (Å²) in [4.78, 5) is 26.5. The highest BCUT2D eigenvalue weighted by atomic mass is 32.1. The van der Waals surface area contributed by atoms with E-state index in [1.165, 1.54) is 11.3 Å². The van der Waals surface area contributed by atoms with Gasteiger partial charge in [-0.25, -0.2) is 9.97 Å². The van der Waals surface area contributed by atoms with Crippen LogP contribution in [-0.4, -0.2) is 28.0 Å². The SMILES string of the molecule is COc1ccc2nc(NC(=O)c3cc(-c4ccncc4)nc4ccccc34)sc2c1. The minimum Gasteiger partial charge on any atom is -0.497 e. The summed E-state index contributed by atoms with van der Waals surface area (Å²) in [6, 6.07) is 18.8. The van der Waals surface area contributed by atoms with Gasteiger partial charge in [0.1, 0.15) is 5.75 Å². The summed E-state index contributed by atoms with van der Waals surface area (Å²) < 4.78 is 6.21. The number of carbonyl (C=O) groups excluding carboxylic acids is 1. The lowest BCUT2D eigenvalue weighted by atomic mass is 10.0. The average Bonchev–Trinajstić information content (AvgIpc) is 3.20. The second kappa shape index (κ2) is 7.53. The Morgan fingerprint density at radius 2 is 1.80 bits per heavy atom. The third-order valence-electron chi connectivity index (χ3n) is 4.75. The molecule has 1 amide bonds. The third-order valence-corrected chi connectivity index (χ3v) is 5.69. The summed E-state index contributed by atoms with van der Waals surface area (Å²) >= 11 is 1.41. The summed E-state index contributed by atoms with van der Waals surface area (Å²) in [5.41, 5.74) is 3.73. The molecule has 0 saturated heterocycles. The van der Waals surface area contributed by atoms with E-state index in [-0.39, 0.29) is 5.91 Å². The number of fused-ring (bicyclic) bond motifs is 2. The molecule has 0 aliphatic carbocycles. The van der Waals surface area contributed by atoms with Gasteiger partial charge in [0.2, 0.25) is 0 Å². The summed E-state index contributed by atoms with van der Waals surface area (Å²) in [6.07, 6.45) is 3.42. The number of aromatic nitrogens is 3. The summed E-state index contributed by atoms with van der Waals surface area (Å²) in [6.45, 7) is 0. The Morgan fingerprint density at radius 1 is 0.967 bits per heavy atom. The van der Waals surface area contributed by atoms with Crippen LogP contribution in [0.4, 0.5) is 5.13 Å². The van der Waals surface area contributed by atoms with Crippen LogP contribution in [-0.2, 0) is 0 Å². The van der Waals surface area contributed by atoms with Gasteiger partial charge in [0.15, 0.2) is 5.13 Å². The number of nitrogens with one attached hydrogen (secondary N) is 1. The minimum absolute atomic E-state index is 0.227. The number of hydrogen-bond acceptors (Lipinski definition) is 6. The second-order valence-electron chi connectivity index (χ2n) is 6.61. The number of carbonyl (C=O) groups is 1. The molecule has 5 rings (SSSR count). The summed E-state index contributed by atoms with van der Waals surface area (Å²) in [5.74, 6) is 0.529. The van der Waals surface area contributed by atoms with Crippen LogP contribution < -0.4 is 10.1 Å². The van der Waals surface area contributed by atoms with Crippen molar-refractivity contribution in [2.24, 2.45) is 0 Å². The molecule has 0 unspecified atom stereocenters. The molecule has 0 radical (unpaired) electrons. The van der Waals surface area contributed by atoms with Gasteiger partial charge in [-0.05, 0) is 42.5 Å². The molecular weight excluding hydrogens is 396 g/mol. The fourth-order valence-electron chi connectivity index (χ4n) is 3.28. The highest BCUT2D eigenvalue weighted by Gasteiger charge is 2.16. The molecule has 3 aromatic heterocycles. The predicted octanol–water partition coefficient (Wildman–Crippen LogP) is 5.17. The standard InChI is InChI=1S/C23H16N4O2S/c1-29-15-6-7-19-21(12-15)30-23(26-19)27-22(28)17-13-20(14-8-10-24-11-9-14)25-18-5-3-2-4-16(17)18/h2-13H,1H3,(H,26,27,28). The number of thiazole rings is 1. The van der Waals surface area contributed by atoms with Gasteiger partial charge in [-0.3, -0.25) is 15.1 Å². The monoisotopic (exact) mass is 412 g/mol. The van der Waals surface area contributed by atoms with E-state index < -0.39 is 0 Å². The molecule has 1 N–H and O–H groups in total. The van der Waals surface area contributed by atoms with Crippen LogP contribution in [0.15, 0.2) is 73.1 Å². The van der Waals surface area contributed by atoms with Gasteiger partial charge < -0.3 is 4.74 Å². The van der Waals surface area contributed by atoms with Crippen molar-refractivity contribution < 1.29 is 9.53 Å². The predicted molar refractivity (Wildman–Crippen MR) is 119 cm³/mol. The van der Waals surface area contributed by atoms with E-state index >= 15 is 0 Å². The molecule has 0 bridgehead atoms. The van der Waals surface area contributed by atoms with Crippen molar-refractivity contribution in [3.63, 3.8) is 0 Å². The normalized spacial score (nSPS) is 11.0. The van der Waals surface area contributed by atoms with Crippen LogP contribution in [0.5, 0.6) is 5.75 Å². The third kappa shape index (κ3) is 3.35. The molecule has 0 saturated carbocycles. The average molecular weight is 412 g/mol. The van der Waals surface area contributed by atoms with Crippen molar-refractivity contribution in [1.29, 1.82) is 0 Å². The number of nitrogens with zero attached hydrogens (tertiary/aromatic N) is 3. The molecule has 7 heteroatoms. The van der Waals surface area contributed by atoms with Crippen LogP contribution in [0.25, 0.3) is 32.4 Å². The number of para-hydroxylation sites is 1. The number of benzene rings is 2. The molecule has 5 aromatic rings. The van der Waals surface area contributed by atoms with Crippen LogP contribution in [0, 0.1) is 0 Å². The van der Waals surface area contributed by atoms with Gasteiger partial charge in [-0.15, -0.1) is 0 Å². The summed E-state index contributed by atoms with van der Waals surface area (Å²) in [7, 11) is 1.62. The number of hydrogen-bond donors (Lipinski definition) is 1. The Balaban J connectivity index is 1.55. The molecule has 2 aromatic carbocycles. The van der Waals surface area contributed by atoms with Gasteiger partial charge in [0.05, 0.1) is 34.1 Å². The van der Waals surface area contributed by atoms with E-state index in [1.807, 2.05) is 60.7 Å². The number of ether oxygens (including phenoxy) is 1. The molecular formula is C23H16N4O2S. The fraction of sp³-hybridized carbons (Fsp3) is 0.0435. The van der Waals surface area contributed by atoms with Crippen LogP contribution >= 0.6 is 11.3 Å². The second-order valence-corrected chi connectivity index (χ2v) is 7.65. The molecule has 0 aliphatic heterocycles. The first kappa shape index (κ1) is 18.2. The van der Waals surface area contributed by atoms with E-state index in [0.717, 1.165) is 38.1 Å². The highest BCUT2D eigenvalue weighted by Crippen LogP contribution is 2.30. The van der Waals surface area contributed by atoms with Crippen molar-refractivity contribution in [2.75, 3.05) is 12.4 Å². The van der Waals surface area contributed by atoms with Crippen molar-refractivity contribution >= 4 is 43.5 Å². The molecule has 3 heterocycles. The van der Waals surface area contributed by atoms with Gasteiger partial charge in [-0.2, -0.15) is 0 Å². The first-order valence-electron chi connectivity index (χ1n) is 9.27. The molecule has 146 valence electrons. The largest absolute Gasteiger partial charge is 0.497 e. The van der Waals surface area contributed by atoms with E-state index in [9.17, 15) is 4.79 Å². The van der Waals surface area contributed by atoms with Crippen molar-refractivity contribution in [1.82, 2.24) is 15.0 Å². The van der Waals surface area contributed by atoms with E-state index in [0.29, 0.717) is 10.7 Å². The number of anilines is 1. The zero-order valence-corrected chi connectivity index (χ0v) is 16.8. The van der Waals surface area contributed by atoms with Gasteiger partial charge in [0.25, 0.3) is 5.91 Å². The van der Waals surface area contributed by atoms with E-state index in [2.05, 4.69) is 15.3 Å². The van der Waals surface area contributed by atoms with Crippen molar-refractivity contribution in [3.05, 3.63) is 78.6 Å². The van der Waals surface area contributed by atoms with Crippen molar-refractivity contribution in [3.8, 4) is 17.0 Å². The molecule has 0 atom stereocenters. The lowest BCUT2D eigenvalue weighted by Gasteiger charge is -2.09. The van der Waals surface area contributed by atoms with Crippen LogP contribution in [0.3, 0.4) is 0 Å². The number of rotatable bonds is 4. The minimum atomic E-state index is -0.227. The maximum absolute atomic E-state index is 13.2. The molecule has 6 nitrogen and oxygen atoms in total. The fourth-order valence-corrected chi connectivity index (χ4v) is 4.17. The van der Waals surface area contributed by atoms with Crippen molar-refractivity contribution in [2.45, 2.75) is 0 Å². The lowest BCUT2D eigenvalue weighted by molar-refractivity contribution is 0.102. The maximum Gasteiger partial charge on any atom is 0.258 e. The van der Waals surface area contributed by atoms with Crippen LogP contribution in [0.2, 0.25) is 0 Å². The molecule has 0 fully saturated rings. The Bertz CT molecular complexity index is 1380. The summed E-state index contributed by atoms with van der Waals surface area (Å²) in [5, 5.41) is 4.27. The first-order valence-corrected chi connectivity index (χ1v) is 10.1. The van der Waals surface area contributed by atoms with E-state index in [4.69, 9.17) is 9.72 Å². The number of pyridine rings is 2. The smallest absolute Gasteiger partial charge is 0.258 e. The first-order chi connectivity index (χ1) is 14.7. The Morgan fingerprint density at radius 3 is 2.63 bits per heavy atom. The zero-order valence-electron chi connectivity index (χ0n) is 16.0.